The van der Waals surface area contributed by atoms with Gasteiger partial charge in [0.15, 0.2) is 0 Å². The highest BCUT2D eigenvalue weighted by Gasteiger charge is 2.14. The Morgan fingerprint density at radius 3 is 3.15 bits per heavy atom. The average molecular weight is 197 g/mol. The van der Waals surface area contributed by atoms with Crippen LogP contribution in [0, 0.1) is 0 Å². The van der Waals surface area contributed by atoms with Crippen molar-refractivity contribution in [2.45, 2.75) is 38.5 Å². The molecule has 0 spiro atoms. The smallest absolute Gasteiger partial charge is 0.143 e. The first kappa shape index (κ1) is 9.06. The van der Waals surface area contributed by atoms with Gasteiger partial charge in [0.2, 0.25) is 0 Å². The molecule has 0 N–H and O–H groups in total. The Balaban J connectivity index is 2.12. The van der Waals surface area contributed by atoms with Gasteiger partial charge in [-0.1, -0.05) is 6.92 Å². The Labute approximate surface area is 82.9 Å². The normalized spacial score (nSPS) is 15.8. The van der Waals surface area contributed by atoms with E-state index in [-0.39, 0.29) is 0 Å². The SMILES string of the molecule is CCSCc1nnc2n1CCCC2. The van der Waals surface area contributed by atoms with Gasteiger partial charge in [-0.3, -0.25) is 0 Å². The maximum atomic E-state index is 4.23. The number of rotatable bonds is 3. The summed E-state index contributed by atoms with van der Waals surface area (Å²) in [4.78, 5) is 0. The van der Waals surface area contributed by atoms with Crippen LogP contribution in [-0.2, 0) is 18.7 Å². The lowest BCUT2D eigenvalue weighted by Gasteiger charge is -2.14. The van der Waals surface area contributed by atoms with Crippen molar-refractivity contribution in [3.05, 3.63) is 11.6 Å². The lowest BCUT2D eigenvalue weighted by atomic mass is 10.2. The molecule has 4 heteroatoms. The van der Waals surface area contributed by atoms with Crippen LogP contribution in [0.3, 0.4) is 0 Å². The topological polar surface area (TPSA) is 30.7 Å². The number of aromatic nitrogens is 3. The Bertz CT molecular complexity index is 282. The van der Waals surface area contributed by atoms with E-state index in [1.807, 2.05) is 11.8 Å². The summed E-state index contributed by atoms with van der Waals surface area (Å²) in [6, 6.07) is 0. The molecule has 2 rings (SSSR count). The van der Waals surface area contributed by atoms with Crippen LogP contribution in [0.15, 0.2) is 0 Å². The number of aryl methyl sites for hydroxylation is 1. The zero-order valence-corrected chi connectivity index (χ0v) is 8.81. The molecule has 3 nitrogen and oxygen atoms in total. The average Bonchev–Trinajstić information content (AvgIpc) is 2.58. The van der Waals surface area contributed by atoms with Crippen molar-refractivity contribution in [3.63, 3.8) is 0 Å². The van der Waals surface area contributed by atoms with Gasteiger partial charge in [0, 0.05) is 13.0 Å². The van der Waals surface area contributed by atoms with E-state index in [1.54, 1.807) is 0 Å². The number of hydrogen-bond donors (Lipinski definition) is 0. The Morgan fingerprint density at radius 1 is 1.38 bits per heavy atom. The summed E-state index contributed by atoms with van der Waals surface area (Å²) >= 11 is 1.92. The molecule has 2 heterocycles. The van der Waals surface area contributed by atoms with Crippen LogP contribution in [-0.4, -0.2) is 20.5 Å². The van der Waals surface area contributed by atoms with E-state index in [4.69, 9.17) is 0 Å². The van der Waals surface area contributed by atoms with E-state index >= 15 is 0 Å². The third kappa shape index (κ3) is 1.88. The summed E-state index contributed by atoms with van der Waals surface area (Å²) in [5, 5.41) is 8.44. The maximum Gasteiger partial charge on any atom is 0.143 e. The molecule has 1 aromatic rings. The predicted octanol–water partition coefficient (Wildman–Crippen LogP) is 1.87. The first-order valence-electron chi connectivity index (χ1n) is 4.90. The summed E-state index contributed by atoms with van der Waals surface area (Å²) in [7, 11) is 0. The summed E-state index contributed by atoms with van der Waals surface area (Å²) in [6.07, 6.45) is 3.68. The molecule has 13 heavy (non-hydrogen) atoms. The van der Waals surface area contributed by atoms with Crippen molar-refractivity contribution in [2.75, 3.05) is 5.75 Å². The van der Waals surface area contributed by atoms with Crippen molar-refractivity contribution >= 4 is 11.8 Å². The fourth-order valence-corrected chi connectivity index (χ4v) is 2.27. The molecule has 0 radical (unpaired) electrons. The highest BCUT2D eigenvalue weighted by Crippen LogP contribution is 2.17. The van der Waals surface area contributed by atoms with Crippen molar-refractivity contribution in [1.29, 1.82) is 0 Å². The lowest BCUT2D eigenvalue weighted by molar-refractivity contribution is 0.513. The van der Waals surface area contributed by atoms with Gasteiger partial charge in [0.1, 0.15) is 11.6 Å². The predicted molar refractivity (Wildman–Crippen MR) is 54.8 cm³/mol. The largest absolute Gasteiger partial charge is 0.314 e. The molecule has 0 unspecified atom stereocenters. The maximum absolute atomic E-state index is 4.23. The van der Waals surface area contributed by atoms with E-state index in [1.165, 1.54) is 24.5 Å². The van der Waals surface area contributed by atoms with Crippen LogP contribution in [0.5, 0.6) is 0 Å². The van der Waals surface area contributed by atoms with Gasteiger partial charge < -0.3 is 4.57 Å². The third-order valence-electron chi connectivity index (χ3n) is 2.37. The zero-order valence-electron chi connectivity index (χ0n) is 7.99. The van der Waals surface area contributed by atoms with Gasteiger partial charge in [-0.2, -0.15) is 11.8 Å². The first-order chi connectivity index (χ1) is 6.42. The molecule has 0 bridgehead atoms. The highest BCUT2D eigenvalue weighted by molar-refractivity contribution is 7.98. The summed E-state index contributed by atoms with van der Waals surface area (Å²) in [6.45, 7) is 3.31. The van der Waals surface area contributed by atoms with Gasteiger partial charge in [-0.15, -0.1) is 10.2 Å². The highest BCUT2D eigenvalue weighted by atomic mass is 32.2. The monoisotopic (exact) mass is 197 g/mol. The minimum Gasteiger partial charge on any atom is -0.314 e. The van der Waals surface area contributed by atoms with Crippen molar-refractivity contribution in [1.82, 2.24) is 14.8 Å². The second-order valence-corrected chi connectivity index (χ2v) is 4.55. The molecular formula is C9H15N3S. The second kappa shape index (κ2) is 4.13. The molecule has 0 aliphatic carbocycles. The first-order valence-corrected chi connectivity index (χ1v) is 6.06. The molecule has 0 saturated heterocycles. The van der Waals surface area contributed by atoms with Gasteiger partial charge >= 0.3 is 0 Å². The quantitative estimate of drug-likeness (QED) is 0.741. The summed E-state index contributed by atoms with van der Waals surface area (Å²) in [5.41, 5.74) is 0. The Hall–Kier alpha value is -0.510. The van der Waals surface area contributed by atoms with E-state index in [0.717, 1.165) is 24.5 Å². The number of fused-ring (bicyclic) bond motifs is 1. The molecule has 0 aromatic carbocycles. The second-order valence-electron chi connectivity index (χ2n) is 3.28. The van der Waals surface area contributed by atoms with E-state index < -0.39 is 0 Å². The molecule has 0 fully saturated rings. The molecule has 0 amide bonds. The summed E-state index contributed by atoms with van der Waals surface area (Å²) < 4.78 is 2.30. The Morgan fingerprint density at radius 2 is 2.31 bits per heavy atom. The number of thioether (sulfide) groups is 1. The molecule has 0 atom stereocenters. The van der Waals surface area contributed by atoms with Crippen molar-refractivity contribution < 1.29 is 0 Å². The molecule has 1 aromatic heterocycles. The molecule has 1 aliphatic heterocycles. The number of nitrogens with zero attached hydrogens (tertiary/aromatic N) is 3. The minimum absolute atomic E-state index is 1.02. The standard InChI is InChI=1S/C9H15N3S/c1-2-13-7-9-11-10-8-5-3-4-6-12(8)9/h2-7H2,1H3. The van der Waals surface area contributed by atoms with E-state index in [2.05, 4.69) is 21.7 Å². The van der Waals surface area contributed by atoms with Gasteiger partial charge in [-0.25, -0.2) is 0 Å². The van der Waals surface area contributed by atoms with Crippen LogP contribution in [0.4, 0.5) is 0 Å². The van der Waals surface area contributed by atoms with Crippen molar-refractivity contribution in [2.24, 2.45) is 0 Å². The lowest BCUT2D eigenvalue weighted by Crippen LogP contribution is -2.12. The number of hydrogen-bond acceptors (Lipinski definition) is 3. The molecule has 72 valence electrons. The zero-order chi connectivity index (χ0) is 9.10. The van der Waals surface area contributed by atoms with Gasteiger partial charge in [-0.05, 0) is 18.6 Å². The molecule has 1 aliphatic rings. The van der Waals surface area contributed by atoms with E-state index in [9.17, 15) is 0 Å². The molecule has 0 saturated carbocycles. The van der Waals surface area contributed by atoms with Crippen LogP contribution in [0.1, 0.15) is 31.4 Å². The van der Waals surface area contributed by atoms with Crippen LogP contribution in [0.25, 0.3) is 0 Å². The van der Waals surface area contributed by atoms with Crippen LogP contribution in [0.2, 0.25) is 0 Å². The van der Waals surface area contributed by atoms with Crippen LogP contribution >= 0.6 is 11.8 Å². The minimum atomic E-state index is 1.02. The Kier molecular flexibility index (Phi) is 2.88. The van der Waals surface area contributed by atoms with Gasteiger partial charge in [0.25, 0.3) is 0 Å². The fraction of sp³-hybridized carbons (Fsp3) is 0.778. The summed E-state index contributed by atoms with van der Waals surface area (Å²) in [5.74, 6) is 4.53. The van der Waals surface area contributed by atoms with Gasteiger partial charge in [0.05, 0.1) is 5.75 Å². The van der Waals surface area contributed by atoms with Crippen LogP contribution < -0.4 is 0 Å². The van der Waals surface area contributed by atoms with E-state index in [0.29, 0.717) is 0 Å². The fourth-order valence-electron chi connectivity index (χ4n) is 1.67. The molecular weight excluding hydrogens is 182 g/mol. The van der Waals surface area contributed by atoms with Crippen molar-refractivity contribution in [3.8, 4) is 0 Å². The third-order valence-corrected chi connectivity index (χ3v) is 3.24.